The molecule has 0 radical (unpaired) electrons. The van der Waals surface area contributed by atoms with Gasteiger partial charge in [0.1, 0.15) is 22.6 Å². The van der Waals surface area contributed by atoms with Gasteiger partial charge in [-0.25, -0.2) is 4.39 Å². The molecule has 0 aliphatic carbocycles. The first-order chi connectivity index (χ1) is 15.5. The number of fused-ring (bicyclic) bond motifs is 2. The molecule has 2 amide bonds. The summed E-state index contributed by atoms with van der Waals surface area (Å²) in [6, 6.07) is 8.83. The number of carbonyl (C=O) groups excluding carboxylic acids is 2. The fraction of sp³-hybridized carbons (Fsp3) is 0.125. The Morgan fingerprint density at radius 1 is 1.09 bits per heavy atom. The minimum Gasteiger partial charge on any atom is -0.505 e. The lowest BCUT2D eigenvalue weighted by atomic mass is 10.0. The smallest absolute Gasteiger partial charge is 0.265 e. The van der Waals surface area contributed by atoms with E-state index in [1.54, 1.807) is 24.3 Å². The zero-order chi connectivity index (χ0) is 22.7. The highest BCUT2D eigenvalue weighted by Gasteiger charge is 2.42. The number of imide groups is 1. The molecule has 0 atom stereocenters. The van der Waals surface area contributed by atoms with Gasteiger partial charge < -0.3 is 15.6 Å². The quantitative estimate of drug-likeness (QED) is 0.335. The molecule has 0 spiro atoms. The Morgan fingerprint density at radius 3 is 2.59 bits per heavy atom. The van der Waals surface area contributed by atoms with Gasteiger partial charge in [0, 0.05) is 11.6 Å². The molecule has 2 heterocycles. The van der Waals surface area contributed by atoms with Crippen molar-refractivity contribution in [2.24, 2.45) is 5.73 Å². The number of pyridine rings is 1. The van der Waals surface area contributed by atoms with Crippen LogP contribution in [0.15, 0.2) is 67.0 Å². The number of nitrogens with two attached hydrogens (primary N) is 1. The molecule has 0 bridgehead atoms. The number of ether oxygens (including phenoxy) is 1. The lowest BCUT2D eigenvalue weighted by molar-refractivity contribution is 0.0640. The molecule has 3 N–H and O–H groups in total. The highest BCUT2D eigenvalue weighted by atomic mass is 19.1. The maximum absolute atomic E-state index is 13.3. The molecule has 162 valence electrons. The van der Waals surface area contributed by atoms with Crippen LogP contribution in [-0.2, 0) is 6.54 Å². The second-order valence-electron chi connectivity index (χ2n) is 7.10. The number of aromatic nitrogens is 1. The summed E-state index contributed by atoms with van der Waals surface area (Å²) in [6.45, 7) is 0.166. The van der Waals surface area contributed by atoms with Crippen molar-refractivity contribution in [2.75, 3.05) is 6.61 Å². The highest BCUT2D eigenvalue weighted by molar-refractivity contribution is 6.26. The van der Waals surface area contributed by atoms with Crippen LogP contribution in [0.2, 0.25) is 0 Å². The largest absolute Gasteiger partial charge is 0.505 e. The standard InChI is InChI=1S/C24H20FN3O4/c25-16-9-7-15(8-10-16)14-28-23(30)18-19(24(28)31)22(32-13-4-2-1-3-11-26)17-6-5-12-27-20(17)21(18)29/h1-3,5-12,29H,4,13-14,26H2/b2-1-,11-3-. The first kappa shape index (κ1) is 21.0. The van der Waals surface area contributed by atoms with Crippen LogP contribution in [-0.4, -0.2) is 33.4 Å². The van der Waals surface area contributed by atoms with Gasteiger partial charge in [0.2, 0.25) is 0 Å². The van der Waals surface area contributed by atoms with E-state index in [1.807, 2.05) is 6.08 Å². The molecule has 0 saturated heterocycles. The summed E-state index contributed by atoms with van der Waals surface area (Å²) in [6.07, 6.45) is 8.71. The molecule has 8 heteroatoms. The van der Waals surface area contributed by atoms with Gasteiger partial charge in [-0.05, 0) is 48.5 Å². The van der Waals surface area contributed by atoms with E-state index in [0.29, 0.717) is 17.4 Å². The summed E-state index contributed by atoms with van der Waals surface area (Å²) < 4.78 is 19.2. The second-order valence-corrected chi connectivity index (χ2v) is 7.10. The number of allylic oxidation sites excluding steroid dienone is 2. The van der Waals surface area contributed by atoms with Crippen molar-refractivity contribution >= 4 is 22.7 Å². The SMILES string of the molecule is N/C=C\C=C/CCOc1c2c(c(O)c3ncccc13)C(=O)N(Cc1ccc(F)cc1)C2=O. The monoisotopic (exact) mass is 433 g/mol. The van der Waals surface area contributed by atoms with Crippen LogP contribution >= 0.6 is 0 Å². The summed E-state index contributed by atoms with van der Waals surface area (Å²) in [5, 5.41) is 11.2. The lowest BCUT2D eigenvalue weighted by Gasteiger charge is -2.14. The van der Waals surface area contributed by atoms with Crippen molar-refractivity contribution in [1.29, 1.82) is 0 Å². The minimum atomic E-state index is -0.655. The number of halogens is 1. The van der Waals surface area contributed by atoms with E-state index in [0.717, 1.165) is 4.90 Å². The van der Waals surface area contributed by atoms with E-state index in [2.05, 4.69) is 4.98 Å². The van der Waals surface area contributed by atoms with E-state index >= 15 is 0 Å². The van der Waals surface area contributed by atoms with Crippen LogP contribution in [0.5, 0.6) is 11.5 Å². The van der Waals surface area contributed by atoms with Crippen LogP contribution < -0.4 is 10.5 Å². The van der Waals surface area contributed by atoms with Crippen LogP contribution in [0.1, 0.15) is 32.7 Å². The summed E-state index contributed by atoms with van der Waals surface area (Å²) in [5.41, 5.74) is 5.90. The molecule has 2 aromatic carbocycles. The Balaban J connectivity index is 1.73. The number of aromatic hydroxyl groups is 1. The number of hydrogen-bond acceptors (Lipinski definition) is 6. The van der Waals surface area contributed by atoms with Crippen molar-refractivity contribution in [3.8, 4) is 11.5 Å². The molecule has 1 aromatic heterocycles. The summed E-state index contributed by atoms with van der Waals surface area (Å²) in [7, 11) is 0. The predicted octanol–water partition coefficient (Wildman–Crippen LogP) is 3.67. The van der Waals surface area contributed by atoms with Gasteiger partial charge in [-0.2, -0.15) is 0 Å². The van der Waals surface area contributed by atoms with Gasteiger partial charge >= 0.3 is 0 Å². The molecule has 0 unspecified atom stereocenters. The molecule has 32 heavy (non-hydrogen) atoms. The Labute approximate surface area is 183 Å². The van der Waals surface area contributed by atoms with E-state index in [1.165, 1.54) is 36.7 Å². The molecule has 7 nitrogen and oxygen atoms in total. The molecule has 0 saturated carbocycles. The van der Waals surface area contributed by atoms with Crippen LogP contribution in [0.25, 0.3) is 10.9 Å². The van der Waals surface area contributed by atoms with E-state index in [4.69, 9.17) is 10.5 Å². The number of rotatable bonds is 7. The number of amides is 2. The Kier molecular flexibility index (Phi) is 5.85. The number of phenols is 1. The van der Waals surface area contributed by atoms with Gasteiger partial charge in [-0.1, -0.05) is 24.3 Å². The van der Waals surface area contributed by atoms with Crippen molar-refractivity contribution in [1.82, 2.24) is 9.88 Å². The predicted molar refractivity (Wildman–Crippen MR) is 117 cm³/mol. The van der Waals surface area contributed by atoms with Crippen LogP contribution in [0.4, 0.5) is 4.39 Å². The molecular weight excluding hydrogens is 413 g/mol. The fourth-order valence-corrected chi connectivity index (χ4v) is 3.57. The summed E-state index contributed by atoms with van der Waals surface area (Å²) >= 11 is 0. The van der Waals surface area contributed by atoms with Crippen molar-refractivity contribution in [2.45, 2.75) is 13.0 Å². The number of benzene rings is 2. The van der Waals surface area contributed by atoms with Gasteiger partial charge in [0.05, 0.1) is 18.7 Å². The Bertz CT molecular complexity index is 1250. The van der Waals surface area contributed by atoms with E-state index in [9.17, 15) is 19.1 Å². The second kappa shape index (κ2) is 8.89. The zero-order valence-corrected chi connectivity index (χ0v) is 17.0. The van der Waals surface area contributed by atoms with Crippen molar-refractivity contribution < 1.29 is 23.8 Å². The van der Waals surface area contributed by atoms with E-state index < -0.39 is 17.6 Å². The Morgan fingerprint density at radius 2 is 1.84 bits per heavy atom. The first-order valence-electron chi connectivity index (χ1n) is 9.93. The average molecular weight is 433 g/mol. The molecule has 0 fully saturated rings. The third kappa shape index (κ3) is 3.78. The Hall–Kier alpha value is -4.20. The van der Waals surface area contributed by atoms with Gasteiger partial charge in [0.25, 0.3) is 11.8 Å². The maximum Gasteiger partial charge on any atom is 0.265 e. The number of nitrogens with zero attached hydrogens (tertiary/aromatic N) is 2. The van der Waals surface area contributed by atoms with Gasteiger partial charge in [-0.15, -0.1) is 0 Å². The number of hydrogen-bond donors (Lipinski definition) is 2. The summed E-state index contributed by atoms with van der Waals surface area (Å²) in [5.74, 6) is -1.83. The van der Waals surface area contributed by atoms with E-state index in [-0.39, 0.29) is 41.3 Å². The van der Waals surface area contributed by atoms with Crippen LogP contribution in [0.3, 0.4) is 0 Å². The highest BCUT2D eigenvalue weighted by Crippen LogP contribution is 2.44. The van der Waals surface area contributed by atoms with Crippen LogP contribution in [0, 0.1) is 5.82 Å². The van der Waals surface area contributed by atoms with Gasteiger partial charge in [-0.3, -0.25) is 19.5 Å². The summed E-state index contributed by atoms with van der Waals surface area (Å²) in [4.78, 5) is 31.5. The lowest BCUT2D eigenvalue weighted by Crippen LogP contribution is -2.29. The zero-order valence-electron chi connectivity index (χ0n) is 17.0. The molecular formula is C24H20FN3O4. The topological polar surface area (TPSA) is 106 Å². The molecule has 4 rings (SSSR count). The third-order valence-corrected chi connectivity index (χ3v) is 5.05. The number of carbonyl (C=O) groups is 2. The fourth-order valence-electron chi connectivity index (χ4n) is 3.57. The van der Waals surface area contributed by atoms with Crippen molar-refractivity contribution in [3.05, 3.63) is 89.5 Å². The minimum absolute atomic E-state index is 0.000875. The normalized spacial score (nSPS) is 13.6. The third-order valence-electron chi connectivity index (χ3n) is 5.05. The number of phenolic OH excluding ortho intramolecular Hbond substituents is 1. The average Bonchev–Trinajstić information content (AvgIpc) is 3.04. The van der Waals surface area contributed by atoms with Crippen molar-refractivity contribution in [3.63, 3.8) is 0 Å². The molecule has 1 aliphatic rings. The molecule has 1 aliphatic heterocycles. The van der Waals surface area contributed by atoms with Gasteiger partial charge in [0.15, 0.2) is 5.75 Å². The maximum atomic E-state index is 13.3. The first-order valence-corrected chi connectivity index (χ1v) is 9.93. The molecule has 3 aromatic rings.